The van der Waals surface area contributed by atoms with Gasteiger partial charge >= 0.3 is 0 Å². The molecule has 2 aliphatic rings. The van der Waals surface area contributed by atoms with Crippen molar-refractivity contribution in [3.8, 4) is 0 Å². The number of hydrogen-bond acceptors (Lipinski definition) is 5. The third-order valence-corrected chi connectivity index (χ3v) is 6.65. The van der Waals surface area contributed by atoms with Crippen LogP contribution in [0.2, 0.25) is 0 Å². The molecule has 3 aromatic rings. The summed E-state index contributed by atoms with van der Waals surface area (Å²) in [5.74, 6) is -0.523. The zero-order valence-electron chi connectivity index (χ0n) is 19.6. The topological polar surface area (TPSA) is 87.2 Å². The average molecular weight is 492 g/mol. The van der Waals surface area contributed by atoms with Crippen molar-refractivity contribution < 1.29 is 18.4 Å². The zero-order chi connectivity index (χ0) is 25.1. The van der Waals surface area contributed by atoms with Gasteiger partial charge in [0.15, 0.2) is 0 Å². The first-order valence-corrected chi connectivity index (χ1v) is 12.1. The van der Waals surface area contributed by atoms with Crippen LogP contribution in [0.25, 0.3) is 0 Å². The van der Waals surface area contributed by atoms with E-state index in [9.17, 15) is 18.4 Å². The Morgan fingerprint density at radius 1 is 1.08 bits per heavy atom. The molecule has 3 unspecified atom stereocenters. The first-order chi connectivity index (χ1) is 17.5. The van der Waals surface area contributed by atoms with Gasteiger partial charge in [-0.3, -0.25) is 14.6 Å². The number of halogens is 2. The Bertz CT molecular complexity index is 1220. The molecule has 2 fully saturated rings. The second kappa shape index (κ2) is 10.4. The minimum absolute atomic E-state index is 0.0980. The lowest BCUT2D eigenvalue weighted by Crippen LogP contribution is -2.48. The molecule has 0 radical (unpaired) electrons. The van der Waals surface area contributed by atoms with Gasteiger partial charge in [-0.1, -0.05) is 42.5 Å². The van der Waals surface area contributed by atoms with Gasteiger partial charge in [-0.2, -0.15) is 0 Å². The Labute approximate surface area is 208 Å². The van der Waals surface area contributed by atoms with Crippen LogP contribution in [0.3, 0.4) is 0 Å². The molecule has 7 nitrogen and oxygen atoms in total. The summed E-state index contributed by atoms with van der Waals surface area (Å²) in [5, 5.41) is 5.81. The maximum Gasteiger partial charge on any atom is 0.243 e. The summed E-state index contributed by atoms with van der Waals surface area (Å²) in [4.78, 5) is 35.5. The number of aromatic nitrogens is 2. The fraction of sp³-hybridized carbons (Fsp3) is 0.333. The number of alkyl halides is 1. The van der Waals surface area contributed by atoms with Crippen molar-refractivity contribution >= 4 is 17.6 Å². The Balaban J connectivity index is 1.34. The molecule has 186 valence electrons. The van der Waals surface area contributed by atoms with Crippen LogP contribution in [0.5, 0.6) is 0 Å². The van der Waals surface area contributed by atoms with Crippen LogP contribution >= 0.6 is 0 Å². The number of carbonyl (C=O) groups is 2. The minimum Gasteiger partial charge on any atom is -0.360 e. The number of nitrogens with zero attached hydrogens (tertiary/aromatic N) is 3. The van der Waals surface area contributed by atoms with Gasteiger partial charge in [-0.15, -0.1) is 0 Å². The van der Waals surface area contributed by atoms with Crippen molar-refractivity contribution in [2.45, 2.75) is 43.4 Å². The lowest BCUT2D eigenvalue weighted by molar-refractivity contribution is -0.137. The normalized spacial score (nSPS) is 20.1. The number of nitrogens with one attached hydrogen (secondary N) is 2. The van der Waals surface area contributed by atoms with E-state index in [1.165, 1.54) is 29.6 Å². The highest BCUT2D eigenvalue weighted by Crippen LogP contribution is 2.42. The number of likely N-dealkylation sites (tertiary alicyclic amines) is 1. The number of rotatable bonds is 8. The summed E-state index contributed by atoms with van der Waals surface area (Å²) in [6.45, 7) is -0.315. The minimum atomic E-state index is -1.31. The van der Waals surface area contributed by atoms with Gasteiger partial charge in [0.25, 0.3) is 0 Å². The molecular formula is C27H27F2N5O2. The summed E-state index contributed by atoms with van der Waals surface area (Å²) in [6, 6.07) is 12.7. The molecule has 1 saturated heterocycles. The molecule has 2 aromatic carbocycles. The number of carbonyl (C=O) groups excluding carboxylic acids is 2. The third kappa shape index (κ3) is 5.35. The average Bonchev–Trinajstić information content (AvgIpc) is 3.67. The van der Waals surface area contributed by atoms with Crippen LogP contribution in [0.15, 0.2) is 67.1 Å². The predicted octanol–water partition coefficient (Wildman–Crippen LogP) is 3.75. The van der Waals surface area contributed by atoms with Gasteiger partial charge in [0, 0.05) is 18.8 Å². The highest BCUT2D eigenvalue weighted by molar-refractivity contribution is 5.90. The number of anilines is 1. The molecule has 1 aromatic heterocycles. The zero-order valence-corrected chi connectivity index (χ0v) is 19.6. The van der Waals surface area contributed by atoms with Crippen LogP contribution in [0, 0.1) is 5.82 Å². The summed E-state index contributed by atoms with van der Waals surface area (Å²) >= 11 is 0. The highest BCUT2D eigenvalue weighted by atomic mass is 19.1. The second-order valence-electron chi connectivity index (χ2n) is 9.25. The quantitative estimate of drug-likeness (QED) is 0.501. The molecule has 0 spiro atoms. The van der Waals surface area contributed by atoms with Crippen LogP contribution in [-0.4, -0.2) is 52.0 Å². The van der Waals surface area contributed by atoms with Gasteiger partial charge in [-0.25, -0.2) is 13.8 Å². The van der Waals surface area contributed by atoms with E-state index in [0.29, 0.717) is 16.9 Å². The second-order valence-corrected chi connectivity index (χ2v) is 9.25. The molecule has 2 amide bonds. The fourth-order valence-electron chi connectivity index (χ4n) is 4.66. The van der Waals surface area contributed by atoms with Gasteiger partial charge in [-0.05, 0) is 41.5 Å². The van der Waals surface area contributed by atoms with Crippen molar-refractivity contribution in [1.29, 1.82) is 0 Å². The number of amides is 2. The molecule has 3 atom stereocenters. The van der Waals surface area contributed by atoms with E-state index in [4.69, 9.17) is 0 Å². The molecule has 1 aliphatic carbocycles. The maximum absolute atomic E-state index is 14.9. The van der Waals surface area contributed by atoms with Gasteiger partial charge < -0.3 is 15.5 Å². The van der Waals surface area contributed by atoms with Gasteiger partial charge in [0.1, 0.15) is 23.8 Å². The largest absolute Gasteiger partial charge is 0.360 e. The van der Waals surface area contributed by atoms with Gasteiger partial charge in [0.2, 0.25) is 11.8 Å². The summed E-state index contributed by atoms with van der Waals surface area (Å²) in [6.07, 6.45) is 5.02. The van der Waals surface area contributed by atoms with E-state index in [0.717, 1.165) is 18.4 Å². The van der Waals surface area contributed by atoms with Crippen LogP contribution in [0.4, 0.5) is 14.6 Å². The Hall–Kier alpha value is -3.88. The fourth-order valence-corrected chi connectivity index (χ4v) is 4.66. The van der Waals surface area contributed by atoms with Crippen molar-refractivity contribution in [2.24, 2.45) is 0 Å². The predicted molar refractivity (Wildman–Crippen MR) is 130 cm³/mol. The first kappa shape index (κ1) is 23.8. The summed E-state index contributed by atoms with van der Waals surface area (Å²) < 4.78 is 29.3. The Morgan fingerprint density at radius 3 is 2.58 bits per heavy atom. The highest BCUT2D eigenvalue weighted by Gasteiger charge is 2.40. The summed E-state index contributed by atoms with van der Waals surface area (Å²) in [5.41, 5.74) is 2.05. The molecule has 2 N–H and O–H groups in total. The molecule has 0 bridgehead atoms. The van der Waals surface area contributed by atoms with Crippen molar-refractivity contribution in [3.63, 3.8) is 0 Å². The number of hydrogen-bond donors (Lipinski definition) is 2. The lowest BCUT2D eigenvalue weighted by Gasteiger charge is -2.27. The van der Waals surface area contributed by atoms with Gasteiger partial charge in [0.05, 0.1) is 25.3 Å². The van der Waals surface area contributed by atoms with Crippen LogP contribution < -0.4 is 10.6 Å². The maximum atomic E-state index is 14.9. The van der Waals surface area contributed by atoms with E-state index in [1.54, 1.807) is 6.07 Å². The standard InChI is InChI=1S/C27H27F2N5O2/c28-20-13-23(34(16-20)25(35)15-32-24-14-30-10-11-31-24)27(36)33-26(18-4-2-1-3-5-18)19-8-9-21(17-6-7-17)22(29)12-19/h1-5,8-12,14,17,20,23,26H,6-7,13,15-16H2,(H,31,32)(H,33,36). The molecule has 9 heteroatoms. The van der Waals surface area contributed by atoms with Crippen molar-refractivity contribution in [1.82, 2.24) is 20.2 Å². The molecule has 1 saturated carbocycles. The lowest BCUT2D eigenvalue weighted by atomic mass is 9.96. The van der Waals surface area contributed by atoms with E-state index in [1.807, 2.05) is 36.4 Å². The third-order valence-electron chi connectivity index (χ3n) is 6.65. The molecule has 1 aliphatic heterocycles. The number of benzene rings is 2. The molecule has 5 rings (SSSR count). The van der Waals surface area contributed by atoms with Crippen molar-refractivity contribution in [2.75, 3.05) is 18.4 Å². The smallest absolute Gasteiger partial charge is 0.243 e. The monoisotopic (exact) mass is 491 g/mol. The Morgan fingerprint density at radius 2 is 1.89 bits per heavy atom. The van der Waals surface area contributed by atoms with E-state index in [2.05, 4.69) is 20.6 Å². The molecule has 36 heavy (non-hydrogen) atoms. The Kier molecular flexibility index (Phi) is 6.88. The first-order valence-electron chi connectivity index (χ1n) is 12.1. The van der Waals surface area contributed by atoms with E-state index < -0.39 is 30.1 Å². The van der Waals surface area contributed by atoms with Crippen LogP contribution in [-0.2, 0) is 9.59 Å². The van der Waals surface area contributed by atoms with Crippen LogP contribution in [0.1, 0.15) is 47.9 Å². The summed E-state index contributed by atoms with van der Waals surface area (Å²) in [7, 11) is 0. The van der Waals surface area contributed by atoms with E-state index in [-0.39, 0.29) is 31.2 Å². The molecule has 2 heterocycles. The molecular weight excluding hydrogens is 464 g/mol. The van der Waals surface area contributed by atoms with E-state index >= 15 is 0 Å². The van der Waals surface area contributed by atoms with Crippen molar-refractivity contribution in [3.05, 3.63) is 89.6 Å². The SMILES string of the molecule is O=C(NC(c1ccccc1)c1ccc(C2CC2)c(F)c1)C1CC(F)CN1C(=O)CNc1cnccn1.